The summed E-state index contributed by atoms with van der Waals surface area (Å²) in [6.07, 6.45) is 1.38. The number of halogens is 1. The molecule has 2 atom stereocenters. The van der Waals surface area contributed by atoms with Crippen LogP contribution in [-0.2, 0) is 11.0 Å². The molecule has 1 unspecified atom stereocenters. The standard InChI is InChI=1S/C17H23FN4OS/c1-4-11(10-17(2,3)24(20)23)14-9-15(19)21-22-16(14)12-6-5-7-13(18)8-12/h5-9,11H,4,10,20H2,1-3H3,(H2,19,21)/t11-,24?/m1/s1. The molecule has 2 rings (SSSR count). The SMILES string of the molecule is CC[C@H](CC(C)(C)S(N)=O)c1cc(N)nnc1-c1cccc(F)c1. The number of hydrogen-bond acceptors (Lipinski definition) is 4. The summed E-state index contributed by atoms with van der Waals surface area (Å²) in [7, 11) is -1.46. The van der Waals surface area contributed by atoms with E-state index in [2.05, 4.69) is 10.2 Å². The fourth-order valence-electron chi connectivity index (χ4n) is 2.74. The van der Waals surface area contributed by atoms with Gasteiger partial charge in [0.15, 0.2) is 0 Å². The Balaban J connectivity index is 2.51. The lowest BCUT2D eigenvalue weighted by molar-refractivity contribution is 0.506. The van der Waals surface area contributed by atoms with Gasteiger partial charge < -0.3 is 5.73 Å². The molecular formula is C17H23FN4OS. The minimum atomic E-state index is -1.46. The second-order valence-corrected chi connectivity index (χ2v) is 8.15. The lowest BCUT2D eigenvalue weighted by Crippen LogP contribution is -2.33. The van der Waals surface area contributed by atoms with Crippen LogP contribution in [0.1, 0.15) is 45.1 Å². The van der Waals surface area contributed by atoms with Gasteiger partial charge in [0.2, 0.25) is 0 Å². The van der Waals surface area contributed by atoms with Crippen LogP contribution in [0, 0.1) is 5.82 Å². The first-order valence-corrected chi connectivity index (χ1v) is 9.01. The molecule has 0 radical (unpaired) electrons. The molecule has 1 heterocycles. The van der Waals surface area contributed by atoms with Gasteiger partial charge in [0.25, 0.3) is 0 Å². The van der Waals surface area contributed by atoms with Crippen LogP contribution in [0.15, 0.2) is 30.3 Å². The van der Waals surface area contributed by atoms with Crippen LogP contribution in [0.25, 0.3) is 11.3 Å². The third-order valence-corrected chi connectivity index (χ3v) is 5.41. The molecule has 130 valence electrons. The van der Waals surface area contributed by atoms with E-state index in [9.17, 15) is 8.60 Å². The molecule has 4 N–H and O–H groups in total. The first-order valence-electron chi connectivity index (χ1n) is 7.80. The van der Waals surface area contributed by atoms with E-state index in [1.165, 1.54) is 12.1 Å². The molecule has 24 heavy (non-hydrogen) atoms. The lowest BCUT2D eigenvalue weighted by atomic mass is 9.86. The molecule has 1 aromatic carbocycles. The van der Waals surface area contributed by atoms with Crippen molar-refractivity contribution >= 4 is 16.8 Å². The number of anilines is 1. The summed E-state index contributed by atoms with van der Waals surface area (Å²) in [4.78, 5) is 0. The van der Waals surface area contributed by atoms with E-state index >= 15 is 0 Å². The maximum atomic E-state index is 13.6. The normalized spacial score (nSPS) is 14.4. The van der Waals surface area contributed by atoms with Gasteiger partial charge in [-0.15, -0.1) is 10.2 Å². The molecule has 1 aromatic heterocycles. The van der Waals surface area contributed by atoms with Crippen molar-refractivity contribution in [2.45, 2.75) is 44.3 Å². The largest absolute Gasteiger partial charge is 0.382 e. The number of nitrogens with zero attached hydrogens (tertiary/aromatic N) is 2. The van der Waals surface area contributed by atoms with Crippen molar-refractivity contribution in [2.24, 2.45) is 5.14 Å². The lowest BCUT2D eigenvalue weighted by Gasteiger charge is -2.28. The molecule has 0 aliphatic carbocycles. The summed E-state index contributed by atoms with van der Waals surface area (Å²) < 4.78 is 24.8. The van der Waals surface area contributed by atoms with Crippen LogP contribution < -0.4 is 10.9 Å². The monoisotopic (exact) mass is 350 g/mol. The van der Waals surface area contributed by atoms with Gasteiger partial charge in [-0.2, -0.15) is 0 Å². The number of nitrogens with two attached hydrogens (primary N) is 2. The van der Waals surface area contributed by atoms with E-state index in [4.69, 9.17) is 10.9 Å². The maximum absolute atomic E-state index is 13.6. The highest BCUT2D eigenvalue weighted by Crippen LogP contribution is 2.36. The van der Waals surface area contributed by atoms with Gasteiger partial charge in [-0.25, -0.2) is 8.60 Å². The minimum absolute atomic E-state index is 0.0311. The first-order chi connectivity index (χ1) is 11.2. The highest BCUT2D eigenvalue weighted by molar-refractivity contribution is 7.84. The second-order valence-electron chi connectivity index (χ2n) is 6.45. The van der Waals surface area contributed by atoms with Gasteiger partial charge >= 0.3 is 0 Å². The van der Waals surface area contributed by atoms with Gasteiger partial charge in [0.05, 0.1) is 21.4 Å². The molecule has 0 saturated carbocycles. The Morgan fingerprint density at radius 3 is 2.58 bits per heavy atom. The molecule has 0 saturated heterocycles. The van der Waals surface area contributed by atoms with Gasteiger partial charge in [-0.1, -0.05) is 19.1 Å². The van der Waals surface area contributed by atoms with E-state index < -0.39 is 15.7 Å². The molecule has 0 amide bonds. The van der Waals surface area contributed by atoms with Gasteiger partial charge in [0.1, 0.15) is 11.6 Å². The zero-order chi connectivity index (χ0) is 17.9. The van der Waals surface area contributed by atoms with E-state index in [0.29, 0.717) is 23.5 Å². The first kappa shape index (κ1) is 18.5. The van der Waals surface area contributed by atoms with Crippen LogP contribution >= 0.6 is 0 Å². The summed E-state index contributed by atoms with van der Waals surface area (Å²) >= 11 is 0. The number of rotatable bonds is 6. The summed E-state index contributed by atoms with van der Waals surface area (Å²) in [5.41, 5.74) is 7.92. The van der Waals surface area contributed by atoms with Crippen LogP contribution in [0.2, 0.25) is 0 Å². The van der Waals surface area contributed by atoms with Crippen LogP contribution in [0.4, 0.5) is 10.2 Å². The third kappa shape index (κ3) is 4.15. The van der Waals surface area contributed by atoms with E-state index in [1.807, 2.05) is 20.8 Å². The quantitative estimate of drug-likeness (QED) is 0.836. The average molecular weight is 350 g/mol. The van der Waals surface area contributed by atoms with Crippen molar-refractivity contribution in [3.05, 3.63) is 41.7 Å². The molecule has 5 nitrogen and oxygen atoms in total. The van der Waals surface area contributed by atoms with Crippen molar-refractivity contribution in [2.75, 3.05) is 5.73 Å². The highest BCUT2D eigenvalue weighted by atomic mass is 32.2. The summed E-state index contributed by atoms with van der Waals surface area (Å²) in [6.45, 7) is 5.77. The second kappa shape index (κ2) is 7.36. The number of aromatic nitrogens is 2. The Labute approximate surface area is 144 Å². The highest BCUT2D eigenvalue weighted by Gasteiger charge is 2.29. The molecule has 7 heteroatoms. The summed E-state index contributed by atoms with van der Waals surface area (Å²) in [6, 6.07) is 7.98. The van der Waals surface area contributed by atoms with Gasteiger partial charge in [-0.3, -0.25) is 5.14 Å². The molecule has 0 aliphatic rings. The van der Waals surface area contributed by atoms with Crippen LogP contribution in [0.5, 0.6) is 0 Å². The van der Waals surface area contributed by atoms with Crippen molar-refractivity contribution < 1.29 is 8.60 Å². The number of benzene rings is 1. The van der Waals surface area contributed by atoms with Crippen molar-refractivity contribution in [3.8, 4) is 11.3 Å². The number of nitrogen functional groups attached to an aromatic ring is 1. The Hall–Kier alpha value is -1.86. The van der Waals surface area contributed by atoms with Crippen LogP contribution in [-0.4, -0.2) is 19.2 Å². The smallest absolute Gasteiger partial charge is 0.146 e. The molecule has 2 aromatic rings. The van der Waals surface area contributed by atoms with E-state index in [0.717, 1.165) is 12.0 Å². The Morgan fingerprint density at radius 2 is 2.00 bits per heavy atom. The molecule has 0 fully saturated rings. The van der Waals surface area contributed by atoms with Crippen molar-refractivity contribution in [3.63, 3.8) is 0 Å². The fourth-order valence-corrected chi connectivity index (χ4v) is 3.11. The van der Waals surface area contributed by atoms with Crippen molar-refractivity contribution in [1.82, 2.24) is 10.2 Å². The van der Waals surface area contributed by atoms with Gasteiger partial charge in [-0.05, 0) is 56.4 Å². The average Bonchev–Trinajstić information content (AvgIpc) is 2.52. The topological polar surface area (TPSA) is 94.9 Å². The Morgan fingerprint density at radius 1 is 1.29 bits per heavy atom. The predicted molar refractivity (Wildman–Crippen MR) is 95.9 cm³/mol. The Bertz CT molecular complexity index is 751. The zero-order valence-electron chi connectivity index (χ0n) is 14.1. The Kier molecular flexibility index (Phi) is 5.66. The molecule has 0 aliphatic heterocycles. The summed E-state index contributed by atoms with van der Waals surface area (Å²) in [5.74, 6) is -0.00707. The molecule has 0 bridgehead atoms. The van der Waals surface area contributed by atoms with E-state index in [1.54, 1.807) is 18.2 Å². The van der Waals surface area contributed by atoms with Crippen LogP contribution in [0.3, 0.4) is 0 Å². The predicted octanol–water partition coefficient (Wildman–Crippen LogP) is 3.15. The summed E-state index contributed by atoms with van der Waals surface area (Å²) in [5, 5.41) is 13.7. The zero-order valence-corrected chi connectivity index (χ0v) is 14.9. The minimum Gasteiger partial charge on any atom is -0.382 e. The van der Waals surface area contributed by atoms with Crippen molar-refractivity contribution in [1.29, 1.82) is 0 Å². The number of hydrogen-bond donors (Lipinski definition) is 2. The van der Waals surface area contributed by atoms with E-state index in [-0.39, 0.29) is 11.7 Å². The molecule has 0 spiro atoms. The van der Waals surface area contributed by atoms with Gasteiger partial charge in [0, 0.05) is 5.56 Å². The fraction of sp³-hybridized carbons (Fsp3) is 0.412. The molecular weight excluding hydrogens is 327 g/mol. The third-order valence-electron chi connectivity index (χ3n) is 4.16. The maximum Gasteiger partial charge on any atom is 0.146 e.